The van der Waals surface area contributed by atoms with E-state index in [1.165, 1.54) is 30.3 Å². The van der Waals surface area contributed by atoms with Gasteiger partial charge in [0.15, 0.2) is 0 Å². The normalized spacial score (nSPS) is 15.7. The first-order chi connectivity index (χ1) is 12.2. The number of benzene rings is 2. The number of hydrogen-bond acceptors (Lipinski definition) is 5. The summed E-state index contributed by atoms with van der Waals surface area (Å²) in [5.74, 6) is -2.89. The van der Waals surface area contributed by atoms with Gasteiger partial charge in [-0.25, -0.2) is 13.6 Å². The summed E-state index contributed by atoms with van der Waals surface area (Å²) in [6, 6.07) is 6.77. The first kappa shape index (κ1) is 17.5. The summed E-state index contributed by atoms with van der Waals surface area (Å²) < 4.78 is 55.5. The number of carbonyl (C=O) groups is 2. The Labute approximate surface area is 146 Å². The fourth-order valence-electron chi connectivity index (χ4n) is 2.12. The lowest BCUT2D eigenvalue weighted by Crippen LogP contribution is -2.22. The summed E-state index contributed by atoms with van der Waals surface area (Å²) in [7, 11) is -4.49. The highest BCUT2D eigenvalue weighted by molar-refractivity contribution is 7.87. The van der Waals surface area contributed by atoms with E-state index in [0.717, 1.165) is 12.1 Å². The Bertz CT molecular complexity index is 1030. The number of imide groups is 1. The van der Waals surface area contributed by atoms with E-state index in [0.29, 0.717) is 11.6 Å². The fraction of sp³-hybridized carbons (Fsp3) is 0. The van der Waals surface area contributed by atoms with Crippen molar-refractivity contribution in [2.24, 2.45) is 0 Å². The van der Waals surface area contributed by atoms with Gasteiger partial charge >= 0.3 is 16.1 Å². The molecule has 0 saturated carbocycles. The van der Waals surface area contributed by atoms with Crippen LogP contribution in [0.4, 0.5) is 13.6 Å². The van der Waals surface area contributed by atoms with Crippen LogP contribution in [0.5, 0.6) is 5.75 Å². The zero-order valence-electron chi connectivity index (χ0n) is 12.8. The van der Waals surface area contributed by atoms with E-state index in [2.05, 4.69) is 5.32 Å². The van der Waals surface area contributed by atoms with Crippen LogP contribution in [0.2, 0.25) is 0 Å². The van der Waals surface area contributed by atoms with Crippen LogP contribution >= 0.6 is 0 Å². The standard InChI is InChI=1S/C16H10F2N2O5S/c17-10-3-6-14(12(18)8-10)26(23,24)25-11-4-1-9(2-5-11)7-13-15(21)20-16(22)19-13/h1-8H,(H2,19,20,21,22). The number of nitrogens with one attached hydrogen (secondary N) is 2. The number of hydrogen-bond donors (Lipinski definition) is 2. The monoisotopic (exact) mass is 380 g/mol. The molecule has 2 aromatic rings. The van der Waals surface area contributed by atoms with Gasteiger partial charge in [0.2, 0.25) is 0 Å². The second-order valence-corrected chi connectivity index (χ2v) is 6.66. The van der Waals surface area contributed by atoms with Gasteiger partial charge < -0.3 is 9.50 Å². The Morgan fingerprint density at radius 2 is 1.65 bits per heavy atom. The van der Waals surface area contributed by atoms with E-state index in [-0.39, 0.29) is 11.4 Å². The van der Waals surface area contributed by atoms with Gasteiger partial charge in [-0.3, -0.25) is 10.1 Å². The molecule has 1 saturated heterocycles. The third-order valence-corrected chi connectivity index (χ3v) is 4.56. The van der Waals surface area contributed by atoms with Gasteiger partial charge in [0.1, 0.15) is 28.0 Å². The molecule has 0 bridgehead atoms. The highest BCUT2D eigenvalue weighted by atomic mass is 32.2. The van der Waals surface area contributed by atoms with Crippen LogP contribution in [0.25, 0.3) is 6.08 Å². The number of rotatable bonds is 4. The largest absolute Gasteiger partial charge is 0.379 e. The maximum absolute atomic E-state index is 13.6. The number of urea groups is 1. The highest BCUT2D eigenvalue weighted by Crippen LogP contribution is 2.22. The molecule has 0 spiro atoms. The average molecular weight is 380 g/mol. The zero-order valence-corrected chi connectivity index (χ0v) is 13.6. The molecule has 1 aliphatic rings. The van der Waals surface area contributed by atoms with Crippen LogP contribution in [0.1, 0.15) is 5.56 Å². The highest BCUT2D eigenvalue weighted by Gasteiger charge is 2.23. The molecule has 134 valence electrons. The fourth-order valence-corrected chi connectivity index (χ4v) is 3.10. The minimum absolute atomic E-state index is 0.0321. The Morgan fingerprint density at radius 3 is 2.23 bits per heavy atom. The average Bonchev–Trinajstić information content (AvgIpc) is 2.86. The first-order valence-electron chi connectivity index (χ1n) is 7.08. The molecule has 0 unspecified atom stereocenters. The lowest BCUT2D eigenvalue weighted by atomic mass is 10.2. The van der Waals surface area contributed by atoms with Gasteiger partial charge in [-0.05, 0) is 35.9 Å². The van der Waals surface area contributed by atoms with Gasteiger partial charge in [0.05, 0.1) is 0 Å². The van der Waals surface area contributed by atoms with Crippen molar-refractivity contribution in [3.05, 3.63) is 65.4 Å². The van der Waals surface area contributed by atoms with E-state index in [4.69, 9.17) is 4.18 Å². The van der Waals surface area contributed by atoms with Gasteiger partial charge in [0.25, 0.3) is 5.91 Å². The summed E-state index contributed by atoms with van der Waals surface area (Å²) in [5, 5.41) is 4.33. The van der Waals surface area contributed by atoms with E-state index >= 15 is 0 Å². The second-order valence-electron chi connectivity index (χ2n) is 5.15. The molecule has 1 fully saturated rings. The number of halogens is 2. The SMILES string of the molecule is O=C1NC(=O)C(=Cc2ccc(OS(=O)(=O)c3ccc(F)cc3F)cc2)N1. The van der Waals surface area contributed by atoms with Crippen molar-refractivity contribution in [3.63, 3.8) is 0 Å². The Balaban J connectivity index is 1.80. The smallest absolute Gasteiger partial charge is 0.342 e. The van der Waals surface area contributed by atoms with E-state index in [9.17, 15) is 26.8 Å². The first-order valence-corrected chi connectivity index (χ1v) is 8.49. The van der Waals surface area contributed by atoms with Crippen LogP contribution in [0, 0.1) is 11.6 Å². The Kier molecular flexibility index (Phi) is 4.43. The summed E-state index contributed by atoms with van der Waals surface area (Å²) in [6.45, 7) is 0. The van der Waals surface area contributed by atoms with Crippen LogP contribution in [-0.2, 0) is 14.9 Å². The molecular formula is C16H10F2N2O5S. The molecule has 1 heterocycles. The minimum Gasteiger partial charge on any atom is -0.379 e. The molecule has 0 aliphatic carbocycles. The molecule has 0 radical (unpaired) electrons. The molecular weight excluding hydrogens is 370 g/mol. The molecule has 2 N–H and O–H groups in total. The minimum atomic E-state index is -4.49. The Morgan fingerprint density at radius 1 is 0.962 bits per heavy atom. The summed E-state index contributed by atoms with van der Waals surface area (Å²) in [5.41, 5.74) is 0.514. The molecule has 1 aliphatic heterocycles. The van der Waals surface area contributed by atoms with E-state index in [1.54, 1.807) is 0 Å². The summed E-state index contributed by atoms with van der Waals surface area (Å²) in [4.78, 5) is 21.7. The van der Waals surface area contributed by atoms with Crippen LogP contribution in [0.15, 0.2) is 53.1 Å². The Hall–Kier alpha value is -3.27. The van der Waals surface area contributed by atoms with Gasteiger partial charge in [-0.2, -0.15) is 8.42 Å². The molecule has 3 amide bonds. The molecule has 0 atom stereocenters. The topological polar surface area (TPSA) is 102 Å². The van der Waals surface area contributed by atoms with Crippen molar-refractivity contribution in [1.82, 2.24) is 10.6 Å². The lowest BCUT2D eigenvalue weighted by molar-refractivity contribution is -0.115. The van der Waals surface area contributed by atoms with Crippen LogP contribution in [0.3, 0.4) is 0 Å². The maximum Gasteiger partial charge on any atom is 0.342 e. The van der Waals surface area contributed by atoms with Gasteiger partial charge in [0, 0.05) is 6.07 Å². The molecule has 0 aromatic heterocycles. The lowest BCUT2D eigenvalue weighted by Gasteiger charge is -2.08. The van der Waals surface area contributed by atoms with Gasteiger partial charge in [-0.1, -0.05) is 12.1 Å². The summed E-state index contributed by atoms with van der Waals surface area (Å²) >= 11 is 0. The number of amides is 3. The summed E-state index contributed by atoms with van der Waals surface area (Å²) in [6.07, 6.45) is 1.37. The van der Waals surface area contributed by atoms with Crippen LogP contribution in [-0.4, -0.2) is 20.4 Å². The van der Waals surface area contributed by atoms with Crippen molar-refractivity contribution in [1.29, 1.82) is 0 Å². The molecule has 10 heteroatoms. The van der Waals surface area contributed by atoms with Crippen molar-refractivity contribution >= 4 is 28.1 Å². The predicted octanol–water partition coefficient (Wildman–Crippen LogP) is 1.91. The third-order valence-electron chi connectivity index (χ3n) is 3.28. The van der Waals surface area contributed by atoms with E-state index in [1.807, 2.05) is 5.32 Å². The van der Waals surface area contributed by atoms with Crippen molar-refractivity contribution in [2.45, 2.75) is 4.90 Å². The van der Waals surface area contributed by atoms with Gasteiger partial charge in [-0.15, -0.1) is 0 Å². The quantitative estimate of drug-likeness (QED) is 0.479. The third kappa shape index (κ3) is 3.70. The predicted molar refractivity (Wildman–Crippen MR) is 85.3 cm³/mol. The van der Waals surface area contributed by atoms with E-state index < -0.39 is 38.6 Å². The van der Waals surface area contributed by atoms with Crippen LogP contribution < -0.4 is 14.8 Å². The molecule has 7 nitrogen and oxygen atoms in total. The number of carbonyl (C=O) groups excluding carboxylic acids is 2. The second kappa shape index (κ2) is 6.56. The maximum atomic E-state index is 13.6. The molecule has 2 aromatic carbocycles. The zero-order chi connectivity index (χ0) is 18.9. The van der Waals surface area contributed by atoms with Crippen molar-refractivity contribution in [2.75, 3.05) is 0 Å². The van der Waals surface area contributed by atoms with Crippen molar-refractivity contribution < 1.29 is 31.0 Å². The molecule has 26 heavy (non-hydrogen) atoms. The van der Waals surface area contributed by atoms with Crippen molar-refractivity contribution in [3.8, 4) is 5.75 Å². The molecule has 3 rings (SSSR count).